The first-order valence-corrected chi connectivity index (χ1v) is 5.63. The van der Waals surface area contributed by atoms with E-state index < -0.39 is 0 Å². The summed E-state index contributed by atoms with van der Waals surface area (Å²) in [5.74, 6) is 0.865. The van der Waals surface area contributed by atoms with Crippen LogP contribution in [0.2, 0.25) is 0 Å². The molecule has 1 aliphatic heterocycles. The first-order chi connectivity index (χ1) is 6.55. The second-order valence-corrected chi connectivity index (χ2v) is 5.04. The highest BCUT2D eigenvalue weighted by atomic mass is 16.2. The molecule has 0 bridgehead atoms. The van der Waals surface area contributed by atoms with Crippen molar-refractivity contribution in [3.63, 3.8) is 0 Å². The molecule has 2 rings (SSSR count). The van der Waals surface area contributed by atoms with Gasteiger partial charge in [0, 0.05) is 12.1 Å². The molecule has 1 saturated carbocycles. The van der Waals surface area contributed by atoms with Crippen LogP contribution in [0, 0.1) is 5.92 Å². The van der Waals surface area contributed by atoms with E-state index in [2.05, 4.69) is 6.92 Å². The summed E-state index contributed by atoms with van der Waals surface area (Å²) in [6.45, 7) is 4.94. The molecule has 2 aliphatic rings. The summed E-state index contributed by atoms with van der Waals surface area (Å²) in [4.78, 5) is 13.8. The second kappa shape index (κ2) is 3.23. The summed E-state index contributed by atoms with van der Waals surface area (Å²) in [6, 6.07) is -0.338. The number of likely N-dealkylation sites (tertiary alicyclic amines) is 1. The Labute approximate surface area is 85.6 Å². The summed E-state index contributed by atoms with van der Waals surface area (Å²) in [7, 11) is 0. The molecule has 1 saturated heterocycles. The molecule has 3 atom stereocenters. The van der Waals surface area contributed by atoms with E-state index in [9.17, 15) is 4.79 Å². The van der Waals surface area contributed by atoms with Crippen molar-refractivity contribution in [2.75, 3.05) is 6.54 Å². The zero-order valence-corrected chi connectivity index (χ0v) is 9.12. The quantitative estimate of drug-likeness (QED) is 0.683. The van der Waals surface area contributed by atoms with Crippen molar-refractivity contribution in [3.05, 3.63) is 0 Å². The number of carbonyl (C=O) groups excluding carboxylic acids is 1. The number of hydrogen-bond donors (Lipinski definition) is 1. The van der Waals surface area contributed by atoms with Gasteiger partial charge in [-0.2, -0.15) is 0 Å². The highest BCUT2D eigenvalue weighted by Gasteiger charge is 2.52. The molecular formula is C11H20N2O. The predicted molar refractivity (Wildman–Crippen MR) is 55.7 cm³/mol. The molecule has 2 N–H and O–H groups in total. The van der Waals surface area contributed by atoms with Gasteiger partial charge in [0.2, 0.25) is 5.91 Å². The lowest BCUT2D eigenvalue weighted by Crippen LogP contribution is -2.70. The monoisotopic (exact) mass is 196 g/mol. The van der Waals surface area contributed by atoms with Crippen LogP contribution in [0.3, 0.4) is 0 Å². The number of rotatable bonds is 1. The molecule has 0 aromatic carbocycles. The Bertz CT molecular complexity index is 252. The van der Waals surface area contributed by atoms with E-state index in [0.717, 1.165) is 18.9 Å². The minimum absolute atomic E-state index is 0.130. The maximum absolute atomic E-state index is 11.8. The topological polar surface area (TPSA) is 46.3 Å². The molecule has 80 valence electrons. The van der Waals surface area contributed by atoms with Gasteiger partial charge >= 0.3 is 0 Å². The predicted octanol–water partition coefficient (Wildman–Crippen LogP) is 1.12. The van der Waals surface area contributed by atoms with Crippen LogP contribution in [0.15, 0.2) is 0 Å². The zero-order chi connectivity index (χ0) is 10.3. The summed E-state index contributed by atoms with van der Waals surface area (Å²) >= 11 is 0. The van der Waals surface area contributed by atoms with E-state index in [0.29, 0.717) is 0 Å². The Kier molecular flexibility index (Phi) is 2.30. The number of nitrogens with two attached hydrogens (primary N) is 1. The third kappa shape index (κ3) is 1.26. The van der Waals surface area contributed by atoms with Crippen molar-refractivity contribution in [1.29, 1.82) is 0 Å². The third-order valence-corrected chi connectivity index (χ3v) is 4.04. The molecule has 2 fully saturated rings. The normalized spacial score (nSPS) is 38.5. The lowest BCUT2D eigenvalue weighted by Gasteiger charge is -2.60. The molecule has 1 unspecified atom stereocenters. The van der Waals surface area contributed by atoms with Crippen LogP contribution in [0.5, 0.6) is 0 Å². The molecule has 0 radical (unpaired) electrons. The smallest absolute Gasteiger partial charge is 0.239 e. The van der Waals surface area contributed by atoms with Crippen LogP contribution in [-0.2, 0) is 4.79 Å². The summed E-state index contributed by atoms with van der Waals surface area (Å²) in [6.07, 6.45) is 5.05. The molecule has 1 aliphatic carbocycles. The van der Waals surface area contributed by atoms with E-state index in [1.54, 1.807) is 6.92 Å². The SMILES string of the molecule is CC(N)C(=O)N1C[C@@H]2CCCC[C@@]21C. The molecular weight excluding hydrogens is 176 g/mol. The average molecular weight is 196 g/mol. The Morgan fingerprint density at radius 1 is 1.57 bits per heavy atom. The molecule has 1 heterocycles. The van der Waals surface area contributed by atoms with Crippen molar-refractivity contribution >= 4 is 5.91 Å². The van der Waals surface area contributed by atoms with E-state index in [-0.39, 0.29) is 17.5 Å². The summed E-state index contributed by atoms with van der Waals surface area (Å²) in [5.41, 5.74) is 5.78. The van der Waals surface area contributed by atoms with Gasteiger partial charge in [-0.25, -0.2) is 0 Å². The van der Waals surface area contributed by atoms with Crippen molar-refractivity contribution in [2.24, 2.45) is 11.7 Å². The molecule has 0 aromatic rings. The maximum Gasteiger partial charge on any atom is 0.239 e. The highest BCUT2D eigenvalue weighted by molar-refractivity contribution is 5.83. The van der Waals surface area contributed by atoms with Gasteiger partial charge in [0.25, 0.3) is 0 Å². The van der Waals surface area contributed by atoms with Gasteiger partial charge in [-0.3, -0.25) is 4.79 Å². The maximum atomic E-state index is 11.8. The lowest BCUT2D eigenvalue weighted by atomic mass is 9.66. The Morgan fingerprint density at radius 3 is 2.86 bits per heavy atom. The Morgan fingerprint density at radius 2 is 2.29 bits per heavy atom. The van der Waals surface area contributed by atoms with Gasteiger partial charge in [0.05, 0.1) is 6.04 Å². The Hall–Kier alpha value is -0.570. The largest absolute Gasteiger partial charge is 0.335 e. The molecule has 0 aromatic heterocycles. The number of amides is 1. The van der Waals surface area contributed by atoms with Crippen molar-refractivity contribution in [2.45, 2.75) is 51.1 Å². The van der Waals surface area contributed by atoms with E-state index >= 15 is 0 Å². The van der Waals surface area contributed by atoms with Gasteiger partial charge in [0.15, 0.2) is 0 Å². The van der Waals surface area contributed by atoms with E-state index in [1.807, 2.05) is 4.90 Å². The van der Waals surface area contributed by atoms with Crippen LogP contribution in [0.4, 0.5) is 0 Å². The molecule has 3 heteroatoms. The minimum Gasteiger partial charge on any atom is -0.335 e. The van der Waals surface area contributed by atoms with Crippen molar-refractivity contribution in [1.82, 2.24) is 4.90 Å². The van der Waals surface area contributed by atoms with Crippen LogP contribution < -0.4 is 5.73 Å². The fourth-order valence-electron chi connectivity index (χ4n) is 2.94. The molecule has 14 heavy (non-hydrogen) atoms. The van der Waals surface area contributed by atoms with Crippen LogP contribution >= 0.6 is 0 Å². The summed E-state index contributed by atoms with van der Waals surface area (Å²) in [5, 5.41) is 0. The van der Waals surface area contributed by atoms with E-state index in [1.165, 1.54) is 19.3 Å². The highest BCUT2D eigenvalue weighted by Crippen LogP contribution is 2.46. The number of carbonyl (C=O) groups is 1. The fraction of sp³-hybridized carbons (Fsp3) is 0.909. The fourth-order valence-corrected chi connectivity index (χ4v) is 2.94. The standard InChI is InChI=1S/C11H20N2O/c1-8(12)10(14)13-7-9-5-3-4-6-11(9,13)2/h8-9H,3-7,12H2,1-2H3/t8?,9-,11-/m0/s1. The second-order valence-electron chi connectivity index (χ2n) is 5.04. The van der Waals surface area contributed by atoms with Gasteiger partial charge in [0.1, 0.15) is 0 Å². The zero-order valence-electron chi connectivity index (χ0n) is 9.12. The Balaban J connectivity index is 2.07. The third-order valence-electron chi connectivity index (χ3n) is 4.04. The molecule has 1 amide bonds. The number of hydrogen-bond acceptors (Lipinski definition) is 2. The van der Waals surface area contributed by atoms with Gasteiger partial charge in [-0.05, 0) is 32.6 Å². The van der Waals surface area contributed by atoms with Crippen LogP contribution in [-0.4, -0.2) is 28.9 Å². The molecule has 0 spiro atoms. The average Bonchev–Trinajstić information content (AvgIpc) is 2.12. The summed E-state index contributed by atoms with van der Waals surface area (Å²) < 4.78 is 0. The van der Waals surface area contributed by atoms with Gasteiger partial charge in [-0.15, -0.1) is 0 Å². The first-order valence-electron chi connectivity index (χ1n) is 5.63. The van der Waals surface area contributed by atoms with Crippen molar-refractivity contribution in [3.8, 4) is 0 Å². The lowest BCUT2D eigenvalue weighted by molar-refractivity contribution is -0.161. The van der Waals surface area contributed by atoms with Gasteiger partial charge in [-0.1, -0.05) is 12.8 Å². The van der Waals surface area contributed by atoms with Crippen molar-refractivity contribution < 1.29 is 4.79 Å². The minimum atomic E-state index is -0.338. The first kappa shape index (κ1) is 9.97. The van der Waals surface area contributed by atoms with E-state index in [4.69, 9.17) is 5.73 Å². The number of fused-ring (bicyclic) bond motifs is 1. The van der Waals surface area contributed by atoms with Crippen LogP contribution in [0.1, 0.15) is 39.5 Å². The van der Waals surface area contributed by atoms with Gasteiger partial charge < -0.3 is 10.6 Å². The molecule has 3 nitrogen and oxygen atoms in total. The number of nitrogens with zero attached hydrogens (tertiary/aromatic N) is 1. The van der Waals surface area contributed by atoms with Crippen LogP contribution in [0.25, 0.3) is 0 Å².